The minimum Gasteiger partial charge on any atom is -0.325 e. The van der Waals surface area contributed by atoms with Crippen LogP contribution in [0.1, 0.15) is 18.7 Å². The second-order valence-electron chi connectivity index (χ2n) is 4.56. The van der Waals surface area contributed by atoms with Crippen molar-refractivity contribution < 1.29 is 0 Å². The van der Waals surface area contributed by atoms with Gasteiger partial charge in [0.05, 0.1) is 5.52 Å². The van der Waals surface area contributed by atoms with Gasteiger partial charge in [-0.3, -0.25) is 0 Å². The van der Waals surface area contributed by atoms with Gasteiger partial charge in [0.25, 0.3) is 0 Å². The molecule has 1 N–H and O–H groups in total. The van der Waals surface area contributed by atoms with Crippen LogP contribution in [0.25, 0.3) is 11.2 Å². The molecule has 0 spiro atoms. The molecule has 5 heteroatoms. The molecule has 0 bridgehead atoms. The summed E-state index contributed by atoms with van der Waals surface area (Å²) in [5.74, 6) is 1.04. The van der Waals surface area contributed by atoms with Gasteiger partial charge < -0.3 is 9.88 Å². The largest absolute Gasteiger partial charge is 0.325 e. The molecule has 0 radical (unpaired) electrons. The van der Waals surface area contributed by atoms with E-state index in [9.17, 15) is 0 Å². The minimum atomic E-state index is 0.574. The summed E-state index contributed by atoms with van der Waals surface area (Å²) >= 11 is 3.47. The van der Waals surface area contributed by atoms with E-state index in [-0.39, 0.29) is 0 Å². The smallest absolute Gasteiger partial charge is 0.177 e. The number of nitrogens with zero attached hydrogens (tertiary/aromatic N) is 3. The van der Waals surface area contributed by atoms with Crippen LogP contribution in [0, 0.1) is 6.92 Å². The Balaban J connectivity index is 2.01. The van der Waals surface area contributed by atoms with E-state index in [0.717, 1.165) is 34.6 Å². The predicted molar refractivity (Wildman–Crippen MR) is 71.0 cm³/mol. The van der Waals surface area contributed by atoms with Crippen LogP contribution in [-0.2, 0) is 6.54 Å². The molecule has 2 aromatic heterocycles. The maximum atomic E-state index is 4.50. The van der Waals surface area contributed by atoms with Gasteiger partial charge >= 0.3 is 0 Å². The van der Waals surface area contributed by atoms with Gasteiger partial charge in [0.15, 0.2) is 5.65 Å². The van der Waals surface area contributed by atoms with Crippen LogP contribution in [0.3, 0.4) is 0 Å². The van der Waals surface area contributed by atoms with Gasteiger partial charge in [0.1, 0.15) is 5.82 Å². The molecule has 1 aliphatic heterocycles. The molecule has 4 nitrogen and oxygen atoms in total. The first-order valence-corrected chi connectivity index (χ1v) is 6.75. The molecule has 0 unspecified atom stereocenters. The van der Waals surface area contributed by atoms with E-state index < -0.39 is 0 Å². The van der Waals surface area contributed by atoms with Crippen molar-refractivity contribution in [3.05, 3.63) is 22.6 Å². The maximum Gasteiger partial charge on any atom is 0.177 e. The number of pyridine rings is 1. The fourth-order valence-corrected chi connectivity index (χ4v) is 2.78. The van der Waals surface area contributed by atoms with Crippen molar-refractivity contribution in [2.45, 2.75) is 32.4 Å². The molecule has 3 heterocycles. The van der Waals surface area contributed by atoms with Crippen LogP contribution >= 0.6 is 15.9 Å². The number of aryl methyl sites for hydroxylation is 1. The second kappa shape index (κ2) is 4.38. The zero-order chi connectivity index (χ0) is 11.8. The lowest BCUT2D eigenvalue weighted by atomic mass is 10.2. The Morgan fingerprint density at radius 2 is 2.47 bits per heavy atom. The standard InChI is InChI=1S/C12H15BrN4/c1-8-16-12-11(5-9(13)6-15-12)17(8)7-10-3-2-4-14-10/h5-6,10,14H,2-4,7H2,1H3/t10-/m1/s1. The summed E-state index contributed by atoms with van der Waals surface area (Å²) in [5.41, 5.74) is 1.95. The summed E-state index contributed by atoms with van der Waals surface area (Å²) in [6.07, 6.45) is 4.33. The number of nitrogens with one attached hydrogen (secondary N) is 1. The van der Waals surface area contributed by atoms with Gasteiger partial charge in [-0.1, -0.05) is 0 Å². The Hall–Kier alpha value is -0.940. The lowest BCUT2D eigenvalue weighted by molar-refractivity contribution is 0.510. The third-order valence-corrected chi connectivity index (χ3v) is 3.76. The van der Waals surface area contributed by atoms with Crippen molar-refractivity contribution in [3.63, 3.8) is 0 Å². The highest BCUT2D eigenvalue weighted by molar-refractivity contribution is 9.10. The lowest BCUT2D eigenvalue weighted by Crippen LogP contribution is -2.27. The van der Waals surface area contributed by atoms with E-state index in [1.165, 1.54) is 12.8 Å². The molecule has 1 aliphatic rings. The van der Waals surface area contributed by atoms with E-state index in [2.05, 4.69) is 41.8 Å². The molecule has 17 heavy (non-hydrogen) atoms. The molecule has 3 rings (SSSR count). The van der Waals surface area contributed by atoms with Crippen LogP contribution in [0.15, 0.2) is 16.7 Å². The maximum absolute atomic E-state index is 4.50. The molecule has 0 saturated carbocycles. The Bertz CT molecular complexity index is 543. The SMILES string of the molecule is Cc1nc2ncc(Br)cc2n1C[C@H]1CCCN1. The first-order valence-electron chi connectivity index (χ1n) is 5.96. The Morgan fingerprint density at radius 1 is 1.59 bits per heavy atom. The number of hydrogen-bond donors (Lipinski definition) is 1. The molecule has 0 amide bonds. The van der Waals surface area contributed by atoms with E-state index in [0.29, 0.717) is 6.04 Å². The molecule has 0 aliphatic carbocycles. The summed E-state index contributed by atoms with van der Waals surface area (Å²) in [7, 11) is 0. The van der Waals surface area contributed by atoms with Crippen molar-refractivity contribution in [3.8, 4) is 0 Å². The Kier molecular flexibility index (Phi) is 2.88. The van der Waals surface area contributed by atoms with E-state index in [1.54, 1.807) is 6.20 Å². The van der Waals surface area contributed by atoms with E-state index in [1.807, 2.05) is 6.92 Å². The van der Waals surface area contributed by atoms with Crippen molar-refractivity contribution in [2.24, 2.45) is 0 Å². The first kappa shape index (κ1) is 11.2. The van der Waals surface area contributed by atoms with Crippen LogP contribution in [0.2, 0.25) is 0 Å². The lowest BCUT2D eigenvalue weighted by Gasteiger charge is -2.13. The fraction of sp³-hybridized carbons (Fsp3) is 0.500. The molecule has 0 aromatic carbocycles. The van der Waals surface area contributed by atoms with Crippen LogP contribution in [0.4, 0.5) is 0 Å². The summed E-state index contributed by atoms with van der Waals surface area (Å²) in [5, 5.41) is 3.52. The molecule has 1 atom stereocenters. The van der Waals surface area contributed by atoms with Gasteiger partial charge in [0, 0.05) is 23.3 Å². The highest BCUT2D eigenvalue weighted by atomic mass is 79.9. The number of rotatable bonds is 2. The topological polar surface area (TPSA) is 42.7 Å². The van der Waals surface area contributed by atoms with E-state index >= 15 is 0 Å². The molecular formula is C12H15BrN4. The second-order valence-corrected chi connectivity index (χ2v) is 5.47. The molecular weight excluding hydrogens is 280 g/mol. The third-order valence-electron chi connectivity index (χ3n) is 3.33. The average Bonchev–Trinajstić information content (AvgIpc) is 2.90. The monoisotopic (exact) mass is 294 g/mol. The Labute approximate surface area is 109 Å². The highest BCUT2D eigenvalue weighted by Gasteiger charge is 2.17. The van der Waals surface area contributed by atoms with Gasteiger partial charge in [-0.05, 0) is 48.3 Å². The third kappa shape index (κ3) is 2.09. The van der Waals surface area contributed by atoms with Crippen LogP contribution in [-0.4, -0.2) is 27.1 Å². The van der Waals surface area contributed by atoms with Crippen molar-refractivity contribution in [2.75, 3.05) is 6.54 Å². The van der Waals surface area contributed by atoms with Crippen LogP contribution in [0.5, 0.6) is 0 Å². The zero-order valence-electron chi connectivity index (χ0n) is 9.78. The van der Waals surface area contributed by atoms with Crippen molar-refractivity contribution >= 4 is 27.1 Å². The number of imidazole rings is 1. The van der Waals surface area contributed by atoms with Gasteiger partial charge in [-0.25, -0.2) is 9.97 Å². The summed E-state index contributed by atoms with van der Waals surface area (Å²) in [6, 6.07) is 2.67. The predicted octanol–water partition coefficient (Wildman–Crippen LogP) is 2.25. The highest BCUT2D eigenvalue weighted by Crippen LogP contribution is 2.20. The van der Waals surface area contributed by atoms with Gasteiger partial charge in [-0.2, -0.15) is 0 Å². The number of aromatic nitrogens is 3. The van der Waals surface area contributed by atoms with Crippen molar-refractivity contribution in [1.29, 1.82) is 0 Å². The summed E-state index contributed by atoms with van der Waals surface area (Å²) in [4.78, 5) is 8.84. The van der Waals surface area contributed by atoms with Gasteiger partial charge in [-0.15, -0.1) is 0 Å². The normalized spacial score (nSPS) is 20.2. The zero-order valence-corrected chi connectivity index (χ0v) is 11.4. The summed E-state index contributed by atoms with van der Waals surface area (Å²) in [6.45, 7) is 4.17. The van der Waals surface area contributed by atoms with Gasteiger partial charge in [0.2, 0.25) is 0 Å². The minimum absolute atomic E-state index is 0.574. The fourth-order valence-electron chi connectivity index (χ4n) is 2.46. The summed E-state index contributed by atoms with van der Waals surface area (Å²) < 4.78 is 3.27. The number of fused-ring (bicyclic) bond motifs is 1. The molecule has 1 fully saturated rings. The number of hydrogen-bond acceptors (Lipinski definition) is 3. The molecule has 1 saturated heterocycles. The Morgan fingerprint density at radius 3 is 3.24 bits per heavy atom. The van der Waals surface area contributed by atoms with Crippen molar-refractivity contribution in [1.82, 2.24) is 19.9 Å². The van der Waals surface area contributed by atoms with Crippen LogP contribution < -0.4 is 5.32 Å². The quantitative estimate of drug-likeness (QED) is 0.924. The average molecular weight is 295 g/mol. The molecule has 2 aromatic rings. The number of halogens is 1. The van der Waals surface area contributed by atoms with E-state index in [4.69, 9.17) is 0 Å². The first-order chi connectivity index (χ1) is 8.24. The molecule has 90 valence electrons.